The molecule has 0 aromatic heterocycles. The van der Waals surface area contributed by atoms with Crippen molar-refractivity contribution in [3.05, 3.63) is 0 Å². The Balaban J connectivity index is 1.86. The van der Waals surface area contributed by atoms with Crippen molar-refractivity contribution in [3.63, 3.8) is 0 Å². The smallest absolute Gasteiger partial charge is 0.308 e. The number of ether oxygens (including phenoxy) is 3. The SMILES string of the molecule is CC(C)(C)OC(=O)CC1(N)CCC2(CC1)COCCO2. The first-order valence-electron chi connectivity index (χ1n) is 7.45. The van der Waals surface area contributed by atoms with Gasteiger partial charge in [-0.2, -0.15) is 0 Å². The molecule has 5 nitrogen and oxygen atoms in total. The molecular weight excluding hydrogens is 258 g/mol. The fraction of sp³-hybridized carbons (Fsp3) is 0.933. The number of hydrogen-bond acceptors (Lipinski definition) is 5. The van der Waals surface area contributed by atoms with Crippen LogP contribution in [0.15, 0.2) is 0 Å². The standard InChI is InChI=1S/C15H27NO4/c1-13(2,3)20-12(17)10-14(16)4-6-15(7-5-14)11-18-8-9-19-15/h4-11,16H2,1-3H3. The molecular formula is C15H27NO4. The van der Waals surface area contributed by atoms with Crippen LogP contribution in [0.4, 0.5) is 0 Å². The minimum Gasteiger partial charge on any atom is -0.460 e. The second-order valence-electron chi connectivity index (χ2n) is 7.21. The van der Waals surface area contributed by atoms with E-state index in [1.807, 2.05) is 20.8 Å². The molecule has 116 valence electrons. The maximum Gasteiger partial charge on any atom is 0.308 e. The van der Waals surface area contributed by atoms with Crippen LogP contribution in [0.3, 0.4) is 0 Å². The minimum atomic E-state index is -0.464. The summed E-state index contributed by atoms with van der Waals surface area (Å²) in [7, 11) is 0. The molecule has 1 aliphatic carbocycles. The van der Waals surface area contributed by atoms with Gasteiger partial charge in [-0.3, -0.25) is 4.79 Å². The first-order valence-corrected chi connectivity index (χ1v) is 7.45. The van der Waals surface area contributed by atoms with E-state index >= 15 is 0 Å². The van der Waals surface area contributed by atoms with E-state index in [-0.39, 0.29) is 18.0 Å². The predicted octanol–water partition coefficient (Wildman–Crippen LogP) is 1.78. The molecule has 0 aromatic rings. The minimum absolute atomic E-state index is 0.172. The van der Waals surface area contributed by atoms with E-state index < -0.39 is 11.1 Å². The van der Waals surface area contributed by atoms with E-state index in [1.165, 1.54) is 0 Å². The van der Waals surface area contributed by atoms with Crippen LogP contribution in [0.2, 0.25) is 0 Å². The third-order valence-corrected chi connectivity index (χ3v) is 4.07. The Morgan fingerprint density at radius 2 is 1.85 bits per heavy atom. The van der Waals surface area contributed by atoms with Crippen molar-refractivity contribution in [2.24, 2.45) is 5.73 Å². The molecule has 1 saturated heterocycles. The van der Waals surface area contributed by atoms with Crippen molar-refractivity contribution in [3.8, 4) is 0 Å². The number of hydrogen-bond donors (Lipinski definition) is 1. The highest BCUT2D eigenvalue weighted by Crippen LogP contribution is 2.39. The van der Waals surface area contributed by atoms with E-state index in [2.05, 4.69) is 0 Å². The average Bonchev–Trinajstić information content (AvgIpc) is 2.32. The maximum absolute atomic E-state index is 11.9. The first kappa shape index (κ1) is 15.7. The molecule has 5 heteroatoms. The summed E-state index contributed by atoms with van der Waals surface area (Å²) in [5.74, 6) is -0.211. The van der Waals surface area contributed by atoms with Gasteiger partial charge in [0.05, 0.1) is 31.8 Å². The highest BCUT2D eigenvalue weighted by molar-refractivity contribution is 5.71. The average molecular weight is 285 g/mol. The lowest BCUT2D eigenvalue weighted by atomic mass is 9.73. The Morgan fingerprint density at radius 3 is 2.35 bits per heavy atom. The molecule has 0 unspecified atom stereocenters. The third kappa shape index (κ3) is 4.17. The summed E-state index contributed by atoms with van der Waals surface area (Å²) in [6, 6.07) is 0. The molecule has 20 heavy (non-hydrogen) atoms. The van der Waals surface area contributed by atoms with E-state index in [9.17, 15) is 4.79 Å². The Morgan fingerprint density at radius 1 is 1.20 bits per heavy atom. The topological polar surface area (TPSA) is 70.8 Å². The molecule has 2 aliphatic rings. The van der Waals surface area contributed by atoms with Crippen molar-refractivity contribution in [1.82, 2.24) is 0 Å². The van der Waals surface area contributed by atoms with Crippen molar-refractivity contribution in [2.75, 3.05) is 19.8 Å². The zero-order valence-corrected chi connectivity index (χ0v) is 12.9. The molecule has 1 spiro atoms. The second kappa shape index (κ2) is 5.62. The number of carbonyl (C=O) groups is 1. The lowest BCUT2D eigenvalue weighted by Gasteiger charge is -2.45. The predicted molar refractivity (Wildman–Crippen MR) is 75.4 cm³/mol. The van der Waals surface area contributed by atoms with E-state index in [4.69, 9.17) is 19.9 Å². The van der Waals surface area contributed by atoms with Gasteiger partial charge < -0.3 is 19.9 Å². The molecule has 1 saturated carbocycles. The van der Waals surface area contributed by atoms with Gasteiger partial charge in [0.1, 0.15) is 5.60 Å². The van der Waals surface area contributed by atoms with Crippen LogP contribution in [-0.4, -0.2) is 42.5 Å². The molecule has 0 radical (unpaired) electrons. The summed E-state index contributed by atoms with van der Waals surface area (Å²) < 4.78 is 16.8. The molecule has 2 rings (SSSR count). The highest BCUT2D eigenvalue weighted by Gasteiger charge is 2.44. The molecule has 1 aliphatic heterocycles. The number of nitrogens with two attached hydrogens (primary N) is 1. The zero-order chi connectivity index (χ0) is 14.9. The van der Waals surface area contributed by atoms with Crippen LogP contribution in [0, 0.1) is 0 Å². The molecule has 0 amide bonds. The van der Waals surface area contributed by atoms with Crippen LogP contribution in [-0.2, 0) is 19.0 Å². The Kier molecular flexibility index (Phi) is 4.42. The fourth-order valence-corrected chi connectivity index (χ4v) is 2.95. The van der Waals surface area contributed by atoms with Gasteiger partial charge in [0.15, 0.2) is 0 Å². The van der Waals surface area contributed by atoms with Gasteiger partial charge in [0.2, 0.25) is 0 Å². The van der Waals surface area contributed by atoms with Crippen LogP contribution in [0.5, 0.6) is 0 Å². The van der Waals surface area contributed by atoms with Gasteiger partial charge in [-0.15, -0.1) is 0 Å². The zero-order valence-electron chi connectivity index (χ0n) is 12.9. The molecule has 1 heterocycles. The molecule has 0 atom stereocenters. The summed E-state index contributed by atoms with van der Waals surface area (Å²) in [6.07, 6.45) is 3.53. The molecule has 0 bridgehead atoms. The van der Waals surface area contributed by atoms with Gasteiger partial charge in [-0.25, -0.2) is 0 Å². The summed E-state index contributed by atoms with van der Waals surface area (Å²) in [5, 5.41) is 0. The molecule has 2 fully saturated rings. The van der Waals surface area contributed by atoms with Crippen LogP contribution < -0.4 is 5.73 Å². The highest BCUT2D eigenvalue weighted by atomic mass is 16.6. The second-order valence-corrected chi connectivity index (χ2v) is 7.21. The fourth-order valence-electron chi connectivity index (χ4n) is 2.95. The van der Waals surface area contributed by atoms with Gasteiger partial charge in [0.25, 0.3) is 0 Å². The van der Waals surface area contributed by atoms with Gasteiger partial charge in [0, 0.05) is 5.54 Å². The van der Waals surface area contributed by atoms with Crippen molar-refractivity contribution < 1.29 is 19.0 Å². The van der Waals surface area contributed by atoms with Crippen LogP contribution in [0.1, 0.15) is 52.9 Å². The lowest BCUT2D eigenvalue weighted by Crippen LogP contribution is -2.54. The maximum atomic E-state index is 11.9. The van der Waals surface area contributed by atoms with Crippen molar-refractivity contribution in [2.45, 2.75) is 69.6 Å². The molecule has 2 N–H and O–H groups in total. The molecule has 0 aromatic carbocycles. The van der Waals surface area contributed by atoms with Gasteiger partial charge in [-0.1, -0.05) is 0 Å². The lowest BCUT2D eigenvalue weighted by molar-refractivity contribution is -0.179. The van der Waals surface area contributed by atoms with E-state index in [1.54, 1.807) is 0 Å². The summed E-state index contributed by atoms with van der Waals surface area (Å²) >= 11 is 0. The van der Waals surface area contributed by atoms with E-state index in [0.717, 1.165) is 25.7 Å². The van der Waals surface area contributed by atoms with E-state index in [0.29, 0.717) is 19.8 Å². The van der Waals surface area contributed by atoms with Crippen LogP contribution >= 0.6 is 0 Å². The Bertz CT molecular complexity index is 345. The number of rotatable bonds is 2. The number of esters is 1. The van der Waals surface area contributed by atoms with Gasteiger partial charge >= 0.3 is 5.97 Å². The van der Waals surface area contributed by atoms with Crippen molar-refractivity contribution in [1.29, 1.82) is 0 Å². The third-order valence-electron chi connectivity index (χ3n) is 4.07. The first-order chi connectivity index (χ1) is 9.22. The quantitative estimate of drug-likeness (QED) is 0.783. The normalized spacial score (nSPS) is 35.0. The number of carbonyl (C=O) groups excluding carboxylic acids is 1. The van der Waals surface area contributed by atoms with Crippen molar-refractivity contribution >= 4 is 5.97 Å². The summed E-state index contributed by atoms with van der Waals surface area (Å²) in [6.45, 7) is 7.60. The summed E-state index contributed by atoms with van der Waals surface area (Å²) in [5.41, 5.74) is 5.28. The van der Waals surface area contributed by atoms with Gasteiger partial charge in [-0.05, 0) is 46.5 Å². The Hall–Kier alpha value is -0.650. The Labute approximate surface area is 121 Å². The monoisotopic (exact) mass is 285 g/mol. The largest absolute Gasteiger partial charge is 0.460 e. The van der Waals surface area contributed by atoms with Crippen LogP contribution in [0.25, 0.3) is 0 Å². The summed E-state index contributed by atoms with van der Waals surface area (Å²) in [4.78, 5) is 11.9.